The second kappa shape index (κ2) is 8.95. The van der Waals surface area contributed by atoms with Gasteiger partial charge in [0.1, 0.15) is 0 Å². The molecule has 0 aliphatic heterocycles. The molecular formula is C23H23N3O2. The van der Waals surface area contributed by atoms with Gasteiger partial charge in [-0.2, -0.15) is 0 Å². The molecular weight excluding hydrogens is 350 g/mol. The SMILES string of the molecule is CCN(Cc1ccccc1)C(=O)c1cncc(Nc2ccc(C(C)=O)cc2)c1. The molecule has 0 unspecified atom stereocenters. The minimum Gasteiger partial charge on any atom is -0.354 e. The van der Waals surface area contributed by atoms with Crippen LogP contribution in [0.4, 0.5) is 11.4 Å². The van der Waals surface area contributed by atoms with Crippen LogP contribution in [0.1, 0.15) is 40.1 Å². The quantitative estimate of drug-likeness (QED) is 0.610. The predicted octanol–water partition coefficient (Wildman–Crippen LogP) is 4.69. The molecule has 3 rings (SSSR count). The van der Waals surface area contributed by atoms with Crippen molar-refractivity contribution in [2.24, 2.45) is 0 Å². The van der Waals surface area contributed by atoms with Gasteiger partial charge in [-0.25, -0.2) is 0 Å². The van der Waals surface area contributed by atoms with E-state index in [0.717, 1.165) is 16.9 Å². The van der Waals surface area contributed by atoms with E-state index < -0.39 is 0 Å². The second-order valence-electron chi connectivity index (χ2n) is 6.53. The molecule has 5 nitrogen and oxygen atoms in total. The third kappa shape index (κ3) is 4.82. The van der Waals surface area contributed by atoms with Crippen molar-refractivity contribution in [1.29, 1.82) is 0 Å². The van der Waals surface area contributed by atoms with Crippen LogP contribution in [-0.4, -0.2) is 28.1 Å². The summed E-state index contributed by atoms with van der Waals surface area (Å²) in [5.41, 5.74) is 3.82. The van der Waals surface area contributed by atoms with Crippen molar-refractivity contribution in [3.8, 4) is 0 Å². The average molecular weight is 373 g/mol. The largest absolute Gasteiger partial charge is 0.354 e. The second-order valence-corrected chi connectivity index (χ2v) is 6.53. The number of aromatic nitrogens is 1. The molecule has 1 aromatic heterocycles. The fourth-order valence-electron chi connectivity index (χ4n) is 2.89. The van der Waals surface area contributed by atoms with E-state index in [4.69, 9.17) is 0 Å². The number of hydrogen-bond acceptors (Lipinski definition) is 4. The molecule has 0 bridgehead atoms. The van der Waals surface area contributed by atoms with E-state index in [0.29, 0.717) is 24.2 Å². The number of carbonyl (C=O) groups excluding carboxylic acids is 2. The van der Waals surface area contributed by atoms with Gasteiger partial charge in [-0.15, -0.1) is 0 Å². The lowest BCUT2D eigenvalue weighted by Gasteiger charge is -2.21. The summed E-state index contributed by atoms with van der Waals surface area (Å²) in [7, 11) is 0. The number of hydrogen-bond donors (Lipinski definition) is 1. The Morgan fingerprint density at radius 2 is 1.64 bits per heavy atom. The van der Waals surface area contributed by atoms with Crippen LogP contribution in [-0.2, 0) is 6.54 Å². The van der Waals surface area contributed by atoms with Crippen molar-refractivity contribution in [3.63, 3.8) is 0 Å². The summed E-state index contributed by atoms with van der Waals surface area (Å²) in [6.07, 6.45) is 3.25. The van der Waals surface area contributed by atoms with Crippen LogP contribution in [0.15, 0.2) is 73.1 Å². The molecule has 28 heavy (non-hydrogen) atoms. The highest BCUT2D eigenvalue weighted by atomic mass is 16.2. The molecule has 1 amide bonds. The maximum absolute atomic E-state index is 12.9. The Morgan fingerprint density at radius 3 is 2.29 bits per heavy atom. The molecule has 1 N–H and O–H groups in total. The van der Waals surface area contributed by atoms with Gasteiger partial charge in [0.05, 0.1) is 17.4 Å². The van der Waals surface area contributed by atoms with E-state index in [-0.39, 0.29) is 11.7 Å². The van der Waals surface area contributed by atoms with Gasteiger partial charge < -0.3 is 10.2 Å². The maximum Gasteiger partial charge on any atom is 0.255 e. The van der Waals surface area contributed by atoms with Gasteiger partial charge in [0.15, 0.2) is 5.78 Å². The van der Waals surface area contributed by atoms with Crippen LogP contribution in [0.25, 0.3) is 0 Å². The van der Waals surface area contributed by atoms with Crippen molar-refractivity contribution < 1.29 is 9.59 Å². The Balaban J connectivity index is 1.74. The molecule has 2 aromatic carbocycles. The highest BCUT2D eigenvalue weighted by Crippen LogP contribution is 2.19. The zero-order valence-corrected chi connectivity index (χ0v) is 16.1. The molecule has 0 saturated heterocycles. The first-order valence-corrected chi connectivity index (χ1v) is 9.23. The van der Waals surface area contributed by atoms with Crippen LogP contribution < -0.4 is 5.32 Å². The van der Waals surface area contributed by atoms with Crippen LogP contribution in [0, 0.1) is 0 Å². The lowest BCUT2D eigenvalue weighted by atomic mass is 10.1. The number of anilines is 2. The van der Waals surface area contributed by atoms with Crippen molar-refractivity contribution in [2.45, 2.75) is 20.4 Å². The van der Waals surface area contributed by atoms with E-state index in [1.807, 2.05) is 49.4 Å². The lowest BCUT2D eigenvalue weighted by molar-refractivity contribution is 0.0752. The third-order valence-electron chi connectivity index (χ3n) is 4.45. The van der Waals surface area contributed by atoms with E-state index in [9.17, 15) is 9.59 Å². The number of amides is 1. The Bertz CT molecular complexity index is 953. The molecule has 3 aromatic rings. The first kappa shape index (κ1) is 19.3. The Morgan fingerprint density at radius 1 is 0.929 bits per heavy atom. The number of ketones is 1. The molecule has 0 aliphatic carbocycles. The van der Waals surface area contributed by atoms with Crippen molar-refractivity contribution in [1.82, 2.24) is 9.88 Å². The number of pyridine rings is 1. The van der Waals surface area contributed by atoms with Gasteiger partial charge in [0, 0.05) is 30.5 Å². The van der Waals surface area contributed by atoms with Crippen LogP contribution in [0.3, 0.4) is 0 Å². The van der Waals surface area contributed by atoms with Crippen molar-refractivity contribution >= 4 is 23.1 Å². The summed E-state index contributed by atoms with van der Waals surface area (Å²) in [5, 5.41) is 3.23. The zero-order chi connectivity index (χ0) is 19.9. The molecule has 5 heteroatoms. The molecule has 0 fully saturated rings. The van der Waals surface area contributed by atoms with Crippen molar-refractivity contribution in [2.75, 3.05) is 11.9 Å². The normalized spacial score (nSPS) is 10.4. The number of nitrogens with zero attached hydrogens (tertiary/aromatic N) is 2. The highest BCUT2D eigenvalue weighted by Gasteiger charge is 2.15. The van der Waals surface area contributed by atoms with Gasteiger partial charge in [-0.1, -0.05) is 30.3 Å². The standard InChI is InChI=1S/C23H23N3O2/c1-3-26(16-18-7-5-4-6-8-18)23(28)20-13-22(15-24-14-20)25-21-11-9-19(10-12-21)17(2)27/h4-15,25H,3,16H2,1-2H3. The Labute approximate surface area is 165 Å². The first-order chi connectivity index (χ1) is 13.6. The monoisotopic (exact) mass is 373 g/mol. The van der Waals surface area contributed by atoms with Gasteiger partial charge in [-0.05, 0) is 49.7 Å². The summed E-state index contributed by atoms with van der Waals surface area (Å²) in [4.78, 5) is 30.3. The highest BCUT2D eigenvalue weighted by molar-refractivity contribution is 5.95. The zero-order valence-electron chi connectivity index (χ0n) is 16.1. The van der Waals surface area contributed by atoms with Gasteiger partial charge >= 0.3 is 0 Å². The molecule has 0 atom stereocenters. The first-order valence-electron chi connectivity index (χ1n) is 9.23. The summed E-state index contributed by atoms with van der Waals surface area (Å²) in [5.74, 6) is -0.0340. The summed E-state index contributed by atoms with van der Waals surface area (Å²) in [6.45, 7) is 4.67. The molecule has 0 spiro atoms. The molecule has 1 heterocycles. The predicted molar refractivity (Wildman–Crippen MR) is 111 cm³/mol. The minimum atomic E-state index is -0.0607. The summed E-state index contributed by atoms with van der Waals surface area (Å²) in [6, 6.07) is 18.9. The van der Waals surface area contributed by atoms with Crippen LogP contribution in [0.2, 0.25) is 0 Å². The molecule has 0 saturated carbocycles. The topological polar surface area (TPSA) is 62.3 Å². The Hall–Kier alpha value is -3.47. The molecule has 0 aliphatic rings. The smallest absolute Gasteiger partial charge is 0.255 e. The minimum absolute atomic E-state index is 0.0267. The molecule has 142 valence electrons. The number of rotatable bonds is 7. The van der Waals surface area contributed by atoms with Gasteiger partial charge in [-0.3, -0.25) is 14.6 Å². The van der Waals surface area contributed by atoms with Crippen molar-refractivity contribution in [3.05, 3.63) is 89.7 Å². The van der Waals surface area contributed by atoms with E-state index in [1.54, 1.807) is 35.5 Å². The summed E-state index contributed by atoms with van der Waals surface area (Å²) >= 11 is 0. The number of Topliss-reactive ketones (excluding diaryl/α,β-unsaturated/α-hetero) is 1. The van der Waals surface area contributed by atoms with Gasteiger partial charge in [0.2, 0.25) is 0 Å². The lowest BCUT2D eigenvalue weighted by Crippen LogP contribution is -2.30. The fraction of sp³-hybridized carbons (Fsp3) is 0.174. The van der Waals surface area contributed by atoms with E-state index in [1.165, 1.54) is 6.92 Å². The number of carbonyl (C=O) groups is 2. The average Bonchev–Trinajstić information content (AvgIpc) is 2.73. The Kier molecular flexibility index (Phi) is 6.17. The molecule has 0 radical (unpaired) electrons. The number of nitrogens with one attached hydrogen (secondary N) is 1. The van der Waals surface area contributed by atoms with Crippen LogP contribution >= 0.6 is 0 Å². The van der Waals surface area contributed by atoms with E-state index in [2.05, 4.69) is 10.3 Å². The summed E-state index contributed by atoms with van der Waals surface area (Å²) < 4.78 is 0. The van der Waals surface area contributed by atoms with Gasteiger partial charge in [0.25, 0.3) is 5.91 Å². The van der Waals surface area contributed by atoms with E-state index >= 15 is 0 Å². The fourth-order valence-corrected chi connectivity index (χ4v) is 2.89. The maximum atomic E-state index is 12.9. The number of benzene rings is 2. The third-order valence-corrected chi connectivity index (χ3v) is 4.45. The van der Waals surface area contributed by atoms with Crippen LogP contribution in [0.5, 0.6) is 0 Å².